The number of alkyl halides is 2. The summed E-state index contributed by atoms with van der Waals surface area (Å²) in [5.74, 6) is 0.0144. The van der Waals surface area contributed by atoms with Crippen LogP contribution in [0.3, 0.4) is 0 Å². The van der Waals surface area contributed by atoms with E-state index in [0.29, 0.717) is 12.0 Å². The van der Waals surface area contributed by atoms with Crippen molar-refractivity contribution in [1.82, 2.24) is 5.32 Å². The Morgan fingerprint density at radius 3 is 2.75 bits per heavy atom. The Hall–Kier alpha value is -1.21. The predicted molar refractivity (Wildman–Crippen MR) is 71.7 cm³/mol. The summed E-state index contributed by atoms with van der Waals surface area (Å²) in [6, 6.07) is 5.76. The number of hydrogen-bond acceptors (Lipinski definition) is 4. The maximum absolute atomic E-state index is 12.4. The van der Waals surface area contributed by atoms with Crippen molar-refractivity contribution < 1.29 is 21.9 Å². The molecule has 2 atom stereocenters. The van der Waals surface area contributed by atoms with E-state index in [1.807, 2.05) is 6.92 Å². The topological polar surface area (TPSA) is 55.4 Å². The summed E-state index contributed by atoms with van der Waals surface area (Å²) >= 11 is 0. The number of halogens is 2. The molecule has 20 heavy (non-hydrogen) atoms. The molecule has 1 N–H and O–H groups in total. The minimum Gasteiger partial charge on any atom is -0.434 e. The van der Waals surface area contributed by atoms with E-state index in [-0.39, 0.29) is 23.3 Å². The molecule has 1 aromatic rings. The standard InChI is InChI=1S/C13H17F2NO3S/c1-9-6-7-20(17,18)8-11(16-9)10-4-2-3-5-12(10)19-13(14)15/h2-5,9,11,13,16H,6-8H2,1H3. The predicted octanol–water partition coefficient (Wildman–Crippen LogP) is 2.13. The van der Waals surface area contributed by atoms with Crippen molar-refractivity contribution in [3.63, 3.8) is 0 Å². The molecule has 4 nitrogen and oxygen atoms in total. The Labute approximate surface area is 117 Å². The molecule has 0 amide bonds. The van der Waals surface area contributed by atoms with Gasteiger partial charge in [-0.15, -0.1) is 0 Å². The van der Waals surface area contributed by atoms with Crippen LogP contribution in [0.25, 0.3) is 0 Å². The highest BCUT2D eigenvalue weighted by atomic mass is 32.2. The van der Waals surface area contributed by atoms with Crippen LogP contribution in [0.15, 0.2) is 24.3 Å². The van der Waals surface area contributed by atoms with Gasteiger partial charge < -0.3 is 10.1 Å². The molecule has 1 saturated heterocycles. The van der Waals surface area contributed by atoms with Crippen molar-refractivity contribution in [3.05, 3.63) is 29.8 Å². The number of sulfone groups is 1. The van der Waals surface area contributed by atoms with Gasteiger partial charge in [-0.2, -0.15) is 8.78 Å². The molecule has 112 valence electrons. The lowest BCUT2D eigenvalue weighted by atomic mass is 10.1. The summed E-state index contributed by atoms with van der Waals surface area (Å²) in [5.41, 5.74) is 0.449. The van der Waals surface area contributed by atoms with Gasteiger partial charge in [0.2, 0.25) is 0 Å². The average Bonchev–Trinajstić information content (AvgIpc) is 2.48. The highest BCUT2D eigenvalue weighted by Crippen LogP contribution is 2.29. The van der Waals surface area contributed by atoms with E-state index >= 15 is 0 Å². The Morgan fingerprint density at radius 1 is 1.35 bits per heavy atom. The molecule has 1 heterocycles. The third-order valence-electron chi connectivity index (χ3n) is 3.28. The lowest BCUT2D eigenvalue weighted by molar-refractivity contribution is -0.0506. The average molecular weight is 305 g/mol. The van der Waals surface area contributed by atoms with E-state index < -0.39 is 22.5 Å². The summed E-state index contributed by atoms with van der Waals surface area (Å²) in [4.78, 5) is 0. The molecule has 0 radical (unpaired) electrons. The third kappa shape index (κ3) is 3.89. The minimum atomic E-state index is -3.20. The van der Waals surface area contributed by atoms with Gasteiger partial charge in [0.1, 0.15) is 5.75 Å². The second-order valence-corrected chi connectivity index (χ2v) is 7.17. The van der Waals surface area contributed by atoms with E-state index in [2.05, 4.69) is 10.1 Å². The second-order valence-electron chi connectivity index (χ2n) is 4.94. The molecular weight excluding hydrogens is 288 g/mol. The molecule has 7 heteroatoms. The van der Waals surface area contributed by atoms with Crippen molar-refractivity contribution >= 4 is 9.84 Å². The molecular formula is C13H17F2NO3S. The lowest BCUT2D eigenvalue weighted by Crippen LogP contribution is -2.31. The normalized spacial score (nSPS) is 26.2. The first kappa shape index (κ1) is 15.2. The largest absolute Gasteiger partial charge is 0.434 e. The van der Waals surface area contributed by atoms with Gasteiger partial charge in [0.15, 0.2) is 9.84 Å². The van der Waals surface area contributed by atoms with E-state index in [1.54, 1.807) is 18.2 Å². The van der Waals surface area contributed by atoms with Crippen LogP contribution < -0.4 is 10.1 Å². The minimum absolute atomic E-state index is 0.00289. The zero-order valence-electron chi connectivity index (χ0n) is 11.1. The number of benzene rings is 1. The zero-order chi connectivity index (χ0) is 14.8. The molecule has 0 aromatic heterocycles. The van der Waals surface area contributed by atoms with Crippen LogP contribution >= 0.6 is 0 Å². The molecule has 1 fully saturated rings. The second kappa shape index (κ2) is 6.05. The van der Waals surface area contributed by atoms with Crippen molar-refractivity contribution in [2.75, 3.05) is 11.5 Å². The van der Waals surface area contributed by atoms with Gasteiger partial charge in [-0.3, -0.25) is 0 Å². The summed E-state index contributed by atoms with van der Waals surface area (Å²) in [5, 5.41) is 3.16. The van der Waals surface area contributed by atoms with Gasteiger partial charge in [-0.25, -0.2) is 8.42 Å². The van der Waals surface area contributed by atoms with Crippen molar-refractivity contribution in [3.8, 4) is 5.75 Å². The molecule has 1 aromatic carbocycles. The number of hydrogen-bond donors (Lipinski definition) is 1. The van der Waals surface area contributed by atoms with Crippen LogP contribution in [-0.4, -0.2) is 32.6 Å². The highest BCUT2D eigenvalue weighted by molar-refractivity contribution is 7.91. The van der Waals surface area contributed by atoms with E-state index in [0.717, 1.165) is 0 Å². The molecule has 1 aliphatic rings. The van der Waals surface area contributed by atoms with Crippen LogP contribution in [0.2, 0.25) is 0 Å². The smallest absolute Gasteiger partial charge is 0.387 e. The summed E-state index contributed by atoms with van der Waals surface area (Å²) < 4.78 is 53.1. The maximum Gasteiger partial charge on any atom is 0.387 e. The van der Waals surface area contributed by atoms with Crippen LogP contribution in [0.4, 0.5) is 8.78 Å². The van der Waals surface area contributed by atoms with Gasteiger partial charge in [0.25, 0.3) is 0 Å². The lowest BCUT2D eigenvalue weighted by Gasteiger charge is -2.21. The summed E-state index contributed by atoms with van der Waals surface area (Å²) in [6.45, 7) is -1.05. The van der Waals surface area contributed by atoms with Crippen LogP contribution in [0.1, 0.15) is 24.9 Å². The fourth-order valence-electron chi connectivity index (χ4n) is 2.32. The molecule has 0 aliphatic carbocycles. The van der Waals surface area contributed by atoms with Gasteiger partial charge in [-0.05, 0) is 19.4 Å². The Kier molecular flexibility index (Phi) is 4.59. The van der Waals surface area contributed by atoms with Gasteiger partial charge in [0.05, 0.1) is 11.5 Å². The van der Waals surface area contributed by atoms with Crippen molar-refractivity contribution in [2.45, 2.75) is 32.0 Å². The fourth-order valence-corrected chi connectivity index (χ4v) is 3.98. The molecule has 2 rings (SSSR count). The Balaban J connectivity index is 2.33. The summed E-state index contributed by atoms with van der Waals surface area (Å²) in [6.07, 6.45) is 0.511. The quantitative estimate of drug-likeness (QED) is 0.929. The molecule has 2 unspecified atom stereocenters. The first-order valence-corrected chi connectivity index (χ1v) is 8.20. The summed E-state index contributed by atoms with van der Waals surface area (Å²) in [7, 11) is -3.20. The van der Waals surface area contributed by atoms with Gasteiger partial charge in [-0.1, -0.05) is 18.2 Å². The third-order valence-corrected chi connectivity index (χ3v) is 4.98. The molecule has 0 bridgehead atoms. The van der Waals surface area contributed by atoms with Crippen LogP contribution in [0, 0.1) is 0 Å². The number of ether oxygens (including phenoxy) is 1. The number of rotatable bonds is 3. The first-order chi connectivity index (χ1) is 9.37. The van der Waals surface area contributed by atoms with Gasteiger partial charge in [0, 0.05) is 17.6 Å². The fraction of sp³-hybridized carbons (Fsp3) is 0.538. The molecule has 0 saturated carbocycles. The van der Waals surface area contributed by atoms with E-state index in [1.165, 1.54) is 6.07 Å². The van der Waals surface area contributed by atoms with Gasteiger partial charge >= 0.3 is 6.61 Å². The van der Waals surface area contributed by atoms with E-state index in [9.17, 15) is 17.2 Å². The van der Waals surface area contributed by atoms with Crippen molar-refractivity contribution in [2.24, 2.45) is 0 Å². The van der Waals surface area contributed by atoms with Crippen molar-refractivity contribution in [1.29, 1.82) is 0 Å². The maximum atomic E-state index is 12.4. The Morgan fingerprint density at radius 2 is 2.05 bits per heavy atom. The number of nitrogens with one attached hydrogen (secondary N) is 1. The molecule has 0 spiro atoms. The SMILES string of the molecule is CC1CCS(=O)(=O)CC(c2ccccc2OC(F)F)N1. The van der Waals surface area contributed by atoms with E-state index in [4.69, 9.17) is 0 Å². The highest BCUT2D eigenvalue weighted by Gasteiger charge is 2.28. The van der Waals surface area contributed by atoms with Crippen LogP contribution in [-0.2, 0) is 9.84 Å². The number of para-hydroxylation sites is 1. The first-order valence-electron chi connectivity index (χ1n) is 6.37. The molecule has 1 aliphatic heterocycles. The Bertz CT molecular complexity index is 562. The zero-order valence-corrected chi connectivity index (χ0v) is 11.9. The van der Waals surface area contributed by atoms with Crippen LogP contribution in [0.5, 0.6) is 5.75 Å². The monoisotopic (exact) mass is 305 g/mol.